The molecule has 5 rings (SSSR count). The maximum Gasteiger partial charge on any atom is 0.408 e. The predicted octanol–water partition coefficient (Wildman–Crippen LogP) is 6.65. The zero-order chi connectivity index (χ0) is 42.0. The summed E-state index contributed by atoms with van der Waals surface area (Å²) in [5.41, 5.74) is 3.15. The van der Waals surface area contributed by atoms with Crippen molar-refractivity contribution in [2.45, 2.75) is 90.9 Å². The highest BCUT2D eigenvalue weighted by Crippen LogP contribution is 2.53. The lowest BCUT2D eigenvalue weighted by Crippen LogP contribution is -2.55. The Kier molecular flexibility index (Phi) is 14.0. The highest BCUT2D eigenvalue weighted by Gasteiger charge is 2.39. The van der Waals surface area contributed by atoms with E-state index in [0.717, 1.165) is 22.3 Å². The molecular formula is C45H53N3O10. The van der Waals surface area contributed by atoms with Gasteiger partial charge in [-0.05, 0) is 51.0 Å². The summed E-state index contributed by atoms with van der Waals surface area (Å²) in [6.07, 6.45) is -1.70. The van der Waals surface area contributed by atoms with Gasteiger partial charge in [-0.25, -0.2) is 4.79 Å². The maximum atomic E-state index is 13.5. The first kappa shape index (κ1) is 43.1. The number of alkyl carbamates (subject to hydrolysis) is 1. The normalized spacial score (nSPS) is 13.7. The number of nitrogens with one attached hydrogen (secondary N) is 3. The first-order chi connectivity index (χ1) is 27.6. The quantitative estimate of drug-likeness (QED) is 0.105. The number of rotatable bonds is 16. The van der Waals surface area contributed by atoms with Gasteiger partial charge in [-0.3, -0.25) is 14.4 Å². The van der Waals surface area contributed by atoms with Crippen LogP contribution in [-0.2, 0) is 60.2 Å². The van der Waals surface area contributed by atoms with Crippen molar-refractivity contribution < 1.29 is 47.6 Å². The molecule has 0 fully saturated rings. The Labute approximate surface area is 339 Å². The molecule has 2 atom stereocenters. The van der Waals surface area contributed by atoms with Crippen LogP contribution in [0.5, 0.6) is 23.0 Å². The first-order valence-corrected chi connectivity index (χ1v) is 19.1. The lowest BCUT2D eigenvalue weighted by molar-refractivity contribution is -0.144. The van der Waals surface area contributed by atoms with E-state index in [2.05, 4.69) is 16.0 Å². The van der Waals surface area contributed by atoms with E-state index in [-0.39, 0.29) is 26.2 Å². The topological polar surface area (TPSA) is 160 Å². The smallest absolute Gasteiger partial charge is 0.408 e. The number of carbonyl (C=O) groups is 4. The van der Waals surface area contributed by atoms with Gasteiger partial charge >= 0.3 is 12.1 Å². The molecule has 13 nitrogen and oxygen atoms in total. The van der Waals surface area contributed by atoms with Crippen molar-refractivity contribution >= 4 is 23.9 Å². The van der Waals surface area contributed by atoms with E-state index in [0.29, 0.717) is 34.1 Å². The van der Waals surface area contributed by atoms with Crippen LogP contribution in [0.25, 0.3) is 0 Å². The summed E-state index contributed by atoms with van der Waals surface area (Å²) in [7, 11) is 3.05. The molecule has 1 unspecified atom stereocenters. The lowest BCUT2D eigenvalue weighted by atomic mass is 9.74. The summed E-state index contributed by atoms with van der Waals surface area (Å²) in [5.74, 6) is 0.228. The molecule has 0 aromatic heterocycles. The number of hydrogen-bond acceptors (Lipinski definition) is 10. The number of amides is 3. The summed E-state index contributed by atoms with van der Waals surface area (Å²) in [6.45, 7) is 10.9. The van der Waals surface area contributed by atoms with Crippen molar-refractivity contribution in [3.63, 3.8) is 0 Å². The average molecular weight is 796 g/mol. The minimum absolute atomic E-state index is 0.00715. The second-order valence-corrected chi connectivity index (χ2v) is 15.4. The Morgan fingerprint density at radius 3 is 1.81 bits per heavy atom. The molecule has 0 saturated heterocycles. The number of methoxy groups -OCH3 is 2. The van der Waals surface area contributed by atoms with Gasteiger partial charge in [0.05, 0.1) is 51.0 Å². The van der Waals surface area contributed by atoms with Crippen molar-refractivity contribution in [1.29, 1.82) is 0 Å². The maximum absolute atomic E-state index is 13.5. The minimum Gasteiger partial charge on any atom is -0.496 e. The van der Waals surface area contributed by atoms with E-state index in [9.17, 15) is 19.2 Å². The van der Waals surface area contributed by atoms with Crippen LogP contribution in [0.2, 0.25) is 0 Å². The molecule has 0 aliphatic carbocycles. The Morgan fingerprint density at radius 1 is 0.724 bits per heavy atom. The van der Waals surface area contributed by atoms with Crippen molar-refractivity contribution in [1.82, 2.24) is 16.0 Å². The number of benzene rings is 4. The summed E-state index contributed by atoms with van der Waals surface area (Å²) in [6, 6.07) is 24.8. The van der Waals surface area contributed by atoms with Gasteiger partial charge in [-0.15, -0.1) is 0 Å². The van der Waals surface area contributed by atoms with Crippen LogP contribution >= 0.6 is 0 Å². The summed E-state index contributed by atoms with van der Waals surface area (Å²) in [4.78, 5) is 52.8. The third-order valence-electron chi connectivity index (χ3n) is 9.65. The molecular weight excluding hydrogens is 743 g/mol. The van der Waals surface area contributed by atoms with Gasteiger partial charge in [-0.2, -0.15) is 0 Å². The summed E-state index contributed by atoms with van der Waals surface area (Å²) < 4.78 is 35.1. The molecule has 0 bridgehead atoms. The van der Waals surface area contributed by atoms with Crippen molar-refractivity contribution in [2.75, 3.05) is 20.8 Å². The summed E-state index contributed by atoms with van der Waals surface area (Å²) in [5, 5.41) is 8.08. The van der Waals surface area contributed by atoms with Gasteiger partial charge in [-0.1, -0.05) is 86.6 Å². The highest BCUT2D eigenvalue weighted by molar-refractivity contribution is 5.90. The highest BCUT2D eigenvalue weighted by atomic mass is 16.6. The zero-order valence-electron chi connectivity index (χ0n) is 34.4. The SMILES string of the molecule is COc1ccc2c(c1CNC(=O)CNC(=O)[C@@H](NC(=O)OCc1ccccc1)C(C)OC(C)(C)C)Oc1c(ccc(OC)c1CC(=O)OCc1ccccc1)C2(C)C. The molecule has 1 aliphatic rings. The molecule has 58 heavy (non-hydrogen) atoms. The standard InChI is InChI=1S/C45H53N3O10/c1-28(58-44(2,3)4)39(48-43(52)56-27-30-17-13-10-14-18-30)42(51)47-25-37(49)46-24-32-36(54-8)22-20-34-41(32)57-40-31(35(53-7)21-19-33(40)45(34,5)6)23-38(50)55-26-29-15-11-9-12-16-29/h9-22,28,39H,23-27H2,1-8H3,(H,46,49)(H,47,51)(H,48,52)/t28?,39-/m0/s1. The molecule has 13 heteroatoms. The van der Waals surface area contributed by atoms with E-state index >= 15 is 0 Å². The lowest BCUT2D eigenvalue weighted by Gasteiger charge is -2.37. The van der Waals surface area contributed by atoms with Crippen LogP contribution in [0.15, 0.2) is 84.9 Å². The number of ether oxygens (including phenoxy) is 6. The fourth-order valence-electron chi connectivity index (χ4n) is 6.78. The largest absolute Gasteiger partial charge is 0.496 e. The van der Waals surface area contributed by atoms with Crippen LogP contribution in [0.1, 0.15) is 74.9 Å². The van der Waals surface area contributed by atoms with Gasteiger partial charge in [0.15, 0.2) is 0 Å². The van der Waals surface area contributed by atoms with Gasteiger partial charge < -0.3 is 44.4 Å². The zero-order valence-corrected chi connectivity index (χ0v) is 34.4. The van der Waals surface area contributed by atoms with Crippen LogP contribution < -0.4 is 30.2 Å². The Bertz CT molecular complexity index is 2080. The van der Waals surface area contributed by atoms with Crippen LogP contribution in [0, 0.1) is 0 Å². The first-order valence-electron chi connectivity index (χ1n) is 19.1. The van der Waals surface area contributed by atoms with Gasteiger partial charge in [0.25, 0.3) is 0 Å². The third kappa shape index (κ3) is 10.9. The number of hydrogen-bond donors (Lipinski definition) is 3. The molecule has 1 heterocycles. The monoisotopic (exact) mass is 795 g/mol. The molecule has 0 saturated carbocycles. The molecule has 0 spiro atoms. The minimum atomic E-state index is -1.17. The molecule has 1 aliphatic heterocycles. The Hall–Kier alpha value is -6.08. The fraction of sp³-hybridized carbons (Fsp3) is 0.378. The number of esters is 1. The second-order valence-electron chi connectivity index (χ2n) is 15.4. The van der Waals surface area contributed by atoms with E-state index in [1.54, 1.807) is 6.92 Å². The van der Waals surface area contributed by atoms with Crippen LogP contribution in [-0.4, -0.2) is 62.4 Å². The van der Waals surface area contributed by atoms with E-state index in [1.807, 2.05) is 120 Å². The molecule has 3 amide bonds. The van der Waals surface area contributed by atoms with Gasteiger partial charge in [0, 0.05) is 22.1 Å². The molecule has 4 aromatic rings. The van der Waals surface area contributed by atoms with Gasteiger partial charge in [0.2, 0.25) is 11.8 Å². The molecule has 308 valence electrons. The van der Waals surface area contributed by atoms with Crippen molar-refractivity contribution in [3.8, 4) is 23.0 Å². The molecule has 3 N–H and O–H groups in total. The fourth-order valence-corrected chi connectivity index (χ4v) is 6.78. The van der Waals surface area contributed by atoms with Crippen LogP contribution in [0.3, 0.4) is 0 Å². The van der Waals surface area contributed by atoms with Crippen molar-refractivity contribution in [3.05, 3.63) is 118 Å². The predicted molar refractivity (Wildman–Crippen MR) is 217 cm³/mol. The Balaban J connectivity index is 1.30. The average Bonchev–Trinajstić information content (AvgIpc) is 3.19. The molecule has 0 radical (unpaired) electrons. The van der Waals surface area contributed by atoms with E-state index in [4.69, 9.17) is 28.4 Å². The van der Waals surface area contributed by atoms with Gasteiger partial charge in [0.1, 0.15) is 42.3 Å². The second kappa shape index (κ2) is 18.9. The van der Waals surface area contributed by atoms with E-state index < -0.39 is 53.6 Å². The number of carbonyl (C=O) groups excluding carboxylic acids is 4. The summed E-state index contributed by atoms with van der Waals surface area (Å²) >= 11 is 0. The third-order valence-corrected chi connectivity index (χ3v) is 9.65. The van der Waals surface area contributed by atoms with Crippen LogP contribution in [0.4, 0.5) is 4.79 Å². The number of fused-ring (bicyclic) bond motifs is 2. The van der Waals surface area contributed by atoms with E-state index in [1.165, 1.54) is 14.2 Å². The Morgan fingerprint density at radius 2 is 1.26 bits per heavy atom. The van der Waals surface area contributed by atoms with Crippen molar-refractivity contribution in [2.24, 2.45) is 0 Å². The molecule has 4 aromatic carbocycles.